The molecule has 0 saturated heterocycles. The van der Waals surface area contributed by atoms with Crippen LogP contribution in [0.1, 0.15) is 68.3 Å². The molecule has 0 spiro atoms. The van der Waals surface area contributed by atoms with E-state index in [1.165, 1.54) is 0 Å². The highest BCUT2D eigenvalue weighted by molar-refractivity contribution is 5.96. The number of nitrogens with one attached hydrogen (secondary N) is 1. The lowest BCUT2D eigenvalue weighted by Gasteiger charge is -2.17. The van der Waals surface area contributed by atoms with Crippen LogP contribution in [0.5, 0.6) is 0 Å². The van der Waals surface area contributed by atoms with Gasteiger partial charge >= 0.3 is 0 Å². The van der Waals surface area contributed by atoms with Crippen LogP contribution in [-0.2, 0) is 10.4 Å². The van der Waals surface area contributed by atoms with Crippen LogP contribution < -0.4 is 11.1 Å². The standard InChI is InChI=1S/C23H30N2O3/c1-23(2,28)18-15-13-17(14-16-18)21(26)11-5-3-4-6-12-22(27)25-20-10-8-7-9-19(20)24/h7-10,13-16,28H,3-6,11-12,24H2,1-2H3,(H,25,27). The Balaban J connectivity index is 1.63. The Morgan fingerprint density at radius 3 is 2.14 bits per heavy atom. The van der Waals surface area contributed by atoms with E-state index < -0.39 is 5.60 Å². The fraction of sp³-hybridized carbons (Fsp3) is 0.391. The summed E-state index contributed by atoms with van der Waals surface area (Å²) in [5.74, 6) is 0.0699. The van der Waals surface area contributed by atoms with Gasteiger partial charge in [-0.1, -0.05) is 49.2 Å². The number of benzene rings is 2. The number of anilines is 2. The summed E-state index contributed by atoms with van der Waals surface area (Å²) in [5.41, 5.74) is 7.58. The van der Waals surface area contributed by atoms with Crippen LogP contribution in [0.25, 0.3) is 0 Å². The van der Waals surface area contributed by atoms with Crippen LogP contribution >= 0.6 is 0 Å². The summed E-state index contributed by atoms with van der Waals surface area (Å²) in [7, 11) is 0. The Kier molecular flexibility index (Phi) is 7.76. The molecule has 2 rings (SSSR count). The van der Waals surface area contributed by atoms with E-state index in [4.69, 9.17) is 5.73 Å². The second-order valence-electron chi connectivity index (χ2n) is 7.61. The molecule has 0 aliphatic rings. The molecule has 0 fully saturated rings. The second-order valence-corrected chi connectivity index (χ2v) is 7.61. The number of Topliss-reactive ketones (excluding diaryl/α,β-unsaturated/α-hetero) is 1. The van der Waals surface area contributed by atoms with E-state index in [9.17, 15) is 14.7 Å². The molecule has 4 N–H and O–H groups in total. The van der Waals surface area contributed by atoms with Crippen molar-refractivity contribution in [1.82, 2.24) is 0 Å². The minimum absolute atomic E-state index is 0.0409. The maximum Gasteiger partial charge on any atom is 0.224 e. The highest BCUT2D eigenvalue weighted by atomic mass is 16.3. The minimum Gasteiger partial charge on any atom is -0.397 e. The number of carbonyl (C=O) groups is 2. The van der Waals surface area contributed by atoms with Gasteiger partial charge in [0.15, 0.2) is 5.78 Å². The molecule has 150 valence electrons. The van der Waals surface area contributed by atoms with Gasteiger partial charge in [0.25, 0.3) is 0 Å². The van der Waals surface area contributed by atoms with Crippen LogP contribution in [0.2, 0.25) is 0 Å². The van der Waals surface area contributed by atoms with Crippen molar-refractivity contribution in [2.75, 3.05) is 11.1 Å². The third-order valence-electron chi connectivity index (χ3n) is 4.71. The smallest absolute Gasteiger partial charge is 0.224 e. The number of rotatable bonds is 10. The number of para-hydroxylation sites is 2. The van der Waals surface area contributed by atoms with Crippen LogP contribution in [0.4, 0.5) is 11.4 Å². The number of nitrogens with two attached hydrogens (primary N) is 1. The van der Waals surface area contributed by atoms with Crippen molar-refractivity contribution in [3.8, 4) is 0 Å². The third kappa shape index (κ3) is 6.82. The SMILES string of the molecule is CC(C)(O)c1ccc(C(=O)CCCCCCC(=O)Nc2ccccc2N)cc1. The van der Waals surface area contributed by atoms with Crippen LogP contribution in [0.15, 0.2) is 48.5 Å². The lowest BCUT2D eigenvalue weighted by Crippen LogP contribution is -2.15. The van der Waals surface area contributed by atoms with E-state index >= 15 is 0 Å². The molecule has 0 heterocycles. The molecule has 2 aromatic carbocycles. The third-order valence-corrected chi connectivity index (χ3v) is 4.71. The van der Waals surface area contributed by atoms with Gasteiger partial charge in [-0.15, -0.1) is 0 Å². The van der Waals surface area contributed by atoms with Crippen molar-refractivity contribution >= 4 is 23.1 Å². The summed E-state index contributed by atoms with van der Waals surface area (Å²) in [6.45, 7) is 3.44. The Labute approximate surface area is 167 Å². The quantitative estimate of drug-likeness (QED) is 0.317. The summed E-state index contributed by atoms with van der Waals surface area (Å²) >= 11 is 0. The summed E-state index contributed by atoms with van der Waals surface area (Å²) in [6.07, 6.45) is 4.35. The first-order valence-electron chi connectivity index (χ1n) is 9.78. The Bertz CT molecular complexity index is 792. The summed E-state index contributed by atoms with van der Waals surface area (Å²) < 4.78 is 0. The van der Waals surface area contributed by atoms with Gasteiger partial charge in [-0.25, -0.2) is 0 Å². The molecule has 5 nitrogen and oxygen atoms in total. The number of nitrogen functional groups attached to an aromatic ring is 1. The number of ketones is 1. The summed E-state index contributed by atoms with van der Waals surface area (Å²) in [5, 5.41) is 12.8. The normalized spacial score (nSPS) is 11.2. The summed E-state index contributed by atoms with van der Waals surface area (Å²) in [6, 6.07) is 14.3. The van der Waals surface area contributed by atoms with E-state index in [0.29, 0.717) is 29.8 Å². The van der Waals surface area contributed by atoms with E-state index in [-0.39, 0.29) is 11.7 Å². The number of aliphatic hydroxyl groups is 1. The highest BCUT2D eigenvalue weighted by Gasteiger charge is 2.16. The molecular weight excluding hydrogens is 352 g/mol. The molecular formula is C23H30N2O3. The molecule has 0 radical (unpaired) electrons. The molecule has 0 aromatic heterocycles. The Morgan fingerprint density at radius 1 is 0.929 bits per heavy atom. The van der Waals surface area contributed by atoms with Gasteiger partial charge in [0.05, 0.1) is 17.0 Å². The highest BCUT2D eigenvalue weighted by Crippen LogP contribution is 2.21. The predicted octanol–water partition coefficient (Wildman–Crippen LogP) is 4.66. The first-order chi connectivity index (χ1) is 13.3. The predicted molar refractivity (Wildman–Crippen MR) is 113 cm³/mol. The molecule has 0 aliphatic heterocycles. The number of unbranched alkanes of at least 4 members (excludes halogenated alkanes) is 3. The minimum atomic E-state index is -0.903. The number of hydrogen-bond donors (Lipinski definition) is 3. The fourth-order valence-electron chi connectivity index (χ4n) is 2.96. The lowest BCUT2D eigenvalue weighted by molar-refractivity contribution is -0.116. The zero-order chi connectivity index (χ0) is 20.6. The van der Waals surface area contributed by atoms with Gasteiger partial charge in [0.1, 0.15) is 0 Å². The number of amides is 1. The van der Waals surface area contributed by atoms with Crippen molar-refractivity contribution in [2.24, 2.45) is 0 Å². The first-order valence-corrected chi connectivity index (χ1v) is 9.78. The molecule has 0 atom stereocenters. The van der Waals surface area contributed by atoms with Gasteiger partial charge in [0, 0.05) is 18.4 Å². The van der Waals surface area contributed by atoms with Crippen molar-refractivity contribution in [3.05, 3.63) is 59.7 Å². The van der Waals surface area contributed by atoms with Crippen LogP contribution in [-0.4, -0.2) is 16.8 Å². The topological polar surface area (TPSA) is 92.4 Å². The van der Waals surface area contributed by atoms with E-state index in [0.717, 1.165) is 31.2 Å². The largest absolute Gasteiger partial charge is 0.397 e. The molecule has 1 amide bonds. The van der Waals surface area contributed by atoms with Crippen LogP contribution in [0.3, 0.4) is 0 Å². The summed E-state index contributed by atoms with van der Waals surface area (Å²) in [4.78, 5) is 24.2. The maximum atomic E-state index is 12.2. The van der Waals surface area contributed by atoms with Crippen molar-refractivity contribution in [1.29, 1.82) is 0 Å². The van der Waals surface area contributed by atoms with Gasteiger partial charge in [-0.2, -0.15) is 0 Å². The maximum absolute atomic E-state index is 12.2. The van der Waals surface area contributed by atoms with Gasteiger partial charge in [0.2, 0.25) is 5.91 Å². The fourth-order valence-corrected chi connectivity index (χ4v) is 2.96. The molecule has 0 saturated carbocycles. The van der Waals surface area contributed by atoms with E-state index in [1.54, 1.807) is 50.2 Å². The molecule has 0 bridgehead atoms. The zero-order valence-corrected chi connectivity index (χ0v) is 16.7. The molecule has 0 unspecified atom stereocenters. The van der Waals surface area contributed by atoms with Crippen molar-refractivity contribution in [3.63, 3.8) is 0 Å². The monoisotopic (exact) mass is 382 g/mol. The average Bonchev–Trinajstić information content (AvgIpc) is 2.65. The molecule has 2 aromatic rings. The zero-order valence-electron chi connectivity index (χ0n) is 16.7. The van der Waals surface area contributed by atoms with Gasteiger partial charge in [-0.05, 0) is 44.4 Å². The van der Waals surface area contributed by atoms with Crippen molar-refractivity contribution < 1.29 is 14.7 Å². The van der Waals surface area contributed by atoms with Crippen LogP contribution in [0, 0.1) is 0 Å². The molecule has 0 aliphatic carbocycles. The van der Waals surface area contributed by atoms with Gasteiger partial charge < -0.3 is 16.2 Å². The molecule has 28 heavy (non-hydrogen) atoms. The number of hydrogen-bond acceptors (Lipinski definition) is 4. The van der Waals surface area contributed by atoms with E-state index in [1.807, 2.05) is 12.1 Å². The van der Waals surface area contributed by atoms with E-state index in [2.05, 4.69) is 5.32 Å². The molecule has 5 heteroatoms. The lowest BCUT2D eigenvalue weighted by atomic mass is 9.95. The second kappa shape index (κ2) is 10.0. The number of carbonyl (C=O) groups excluding carboxylic acids is 2. The first kappa shape index (κ1) is 21.6. The average molecular weight is 383 g/mol. The van der Waals surface area contributed by atoms with Crippen molar-refractivity contribution in [2.45, 2.75) is 58.0 Å². The Morgan fingerprint density at radius 2 is 1.54 bits per heavy atom. The Hall–Kier alpha value is -2.66. The van der Waals surface area contributed by atoms with Gasteiger partial charge in [-0.3, -0.25) is 9.59 Å².